The van der Waals surface area contributed by atoms with E-state index < -0.39 is 10.0 Å². The molecule has 0 unspecified atom stereocenters. The molecule has 0 aliphatic heterocycles. The van der Waals surface area contributed by atoms with Gasteiger partial charge in [0.15, 0.2) is 0 Å². The van der Waals surface area contributed by atoms with Crippen LogP contribution in [0.5, 0.6) is 0 Å². The van der Waals surface area contributed by atoms with Gasteiger partial charge in [0.2, 0.25) is 10.0 Å². The van der Waals surface area contributed by atoms with Crippen molar-refractivity contribution in [3.05, 3.63) is 102 Å². The minimum atomic E-state index is -3.75. The van der Waals surface area contributed by atoms with E-state index in [1.54, 1.807) is 35.1 Å². The largest absolute Gasteiger partial charge is 0.352 e. The molecule has 4 rings (SSSR count). The van der Waals surface area contributed by atoms with E-state index in [1.165, 1.54) is 24.3 Å². The van der Waals surface area contributed by atoms with Gasteiger partial charge in [-0.15, -0.1) is 0 Å². The SMILES string of the molecule is Cc1ccc(-c2nn(-c3ccc(F)cc3)cc2C(=O)NCCc2ccc(S(N)(=O)=O)cc2)cc1. The first-order chi connectivity index (χ1) is 16.2. The highest BCUT2D eigenvalue weighted by atomic mass is 32.2. The van der Waals surface area contributed by atoms with Crippen molar-refractivity contribution >= 4 is 15.9 Å². The topological polar surface area (TPSA) is 107 Å². The fourth-order valence-electron chi connectivity index (χ4n) is 3.45. The Balaban J connectivity index is 1.54. The molecule has 0 atom stereocenters. The lowest BCUT2D eigenvalue weighted by Crippen LogP contribution is -2.26. The average molecular weight is 479 g/mol. The summed E-state index contributed by atoms with van der Waals surface area (Å²) < 4.78 is 37.7. The van der Waals surface area contributed by atoms with Crippen LogP contribution >= 0.6 is 0 Å². The number of sulfonamides is 1. The quantitative estimate of drug-likeness (QED) is 0.423. The Morgan fingerprint density at radius 2 is 1.65 bits per heavy atom. The number of primary sulfonamides is 1. The van der Waals surface area contributed by atoms with Crippen LogP contribution in [0.4, 0.5) is 4.39 Å². The number of hydrogen-bond acceptors (Lipinski definition) is 4. The van der Waals surface area contributed by atoms with Gasteiger partial charge in [-0.05, 0) is 55.3 Å². The molecule has 0 aliphatic carbocycles. The van der Waals surface area contributed by atoms with Crippen molar-refractivity contribution in [3.8, 4) is 16.9 Å². The van der Waals surface area contributed by atoms with Gasteiger partial charge in [0, 0.05) is 18.3 Å². The Labute approximate surface area is 197 Å². The predicted molar refractivity (Wildman–Crippen MR) is 128 cm³/mol. The van der Waals surface area contributed by atoms with Gasteiger partial charge in [0.1, 0.15) is 11.5 Å². The number of benzene rings is 3. The number of carbonyl (C=O) groups is 1. The summed E-state index contributed by atoms with van der Waals surface area (Å²) in [5.41, 5.74) is 4.26. The number of aromatic nitrogens is 2. The molecule has 9 heteroatoms. The number of aryl methyl sites for hydroxylation is 1. The molecule has 1 aromatic heterocycles. The van der Waals surface area contributed by atoms with Crippen LogP contribution in [0.3, 0.4) is 0 Å². The second-order valence-electron chi connectivity index (χ2n) is 7.87. The smallest absolute Gasteiger partial charge is 0.255 e. The first-order valence-electron chi connectivity index (χ1n) is 10.5. The normalized spacial score (nSPS) is 11.4. The third kappa shape index (κ3) is 5.38. The summed E-state index contributed by atoms with van der Waals surface area (Å²) in [6, 6.07) is 19.7. The summed E-state index contributed by atoms with van der Waals surface area (Å²) in [4.78, 5) is 13.1. The lowest BCUT2D eigenvalue weighted by atomic mass is 10.1. The van der Waals surface area contributed by atoms with Gasteiger partial charge in [-0.2, -0.15) is 5.10 Å². The van der Waals surface area contributed by atoms with Crippen LogP contribution in [-0.2, 0) is 16.4 Å². The number of halogens is 1. The monoisotopic (exact) mass is 478 g/mol. The minimum Gasteiger partial charge on any atom is -0.352 e. The number of carbonyl (C=O) groups excluding carboxylic acids is 1. The van der Waals surface area contributed by atoms with Crippen LogP contribution in [0, 0.1) is 12.7 Å². The number of amides is 1. The van der Waals surface area contributed by atoms with Crippen molar-refractivity contribution in [3.63, 3.8) is 0 Å². The Morgan fingerprint density at radius 1 is 1.00 bits per heavy atom. The minimum absolute atomic E-state index is 0.0382. The number of nitrogens with zero attached hydrogens (tertiary/aromatic N) is 2. The maximum absolute atomic E-state index is 13.3. The first kappa shape index (κ1) is 23.3. The van der Waals surface area contributed by atoms with Crippen LogP contribution in [0.1, 0.15) is 21.5 Å². The average Bonchev–Trinajstić information content (AvgIpc) is 3.25. The van der Waals surface area contributed by atoms with Gasteiger partial charge in [-0.25, -0.2) is 22.6 Å². The molecule has 0 saturated carbocycles. The van der Waals surface area contributed by atoms with E-state index >= 15 is 0 Å². The summed E-state index contributed by atoms with van der Waals surface area (Å²) in [7, 11) is -3.75. The van der Waals surface area contributed by atoms with Crippen LogP contribution in [-0.4, -0.2) is 30.7 Å². The van der Waals surface area contributed by atoms with Crippen molar-refractivity contribution in [2.45, 2.75) is 18.2 Å². The molecule has 3 aromatic carbocycles. The molecular weight excluding hydrogens is 455 g/mol. The molecule has 1 heterocycles. The Hall–Kier alpha value is -3.82. The fourth-order valence-corrected chi connectivity index (χ4v) is 3.97. The van der Waals surface area contributed by atoms with Gasteiger partial charge in [0.05, 0.1) is 16.1 Å². The number of rotatable bonds is 7. The number of nitrogens with two attached hydrogens (primary N) is 1. The van der Waals surface area contributed by atoms with Crippen molar-refractivity contribution in [2.75, 3.05) is 6.54 Å². The van der Waals surface area contributed by atoms with Crippen molar-refractivity contribution < 1.29 is 17.6 Å². The first-order valence-corrected chi connectivity index (χ1v) is 12.1. The zero-order valence-electron chi connectivity index (χ0n) is 18.4. The van der Waals surface area contributed by atoms with Crippen molar-refractivity contribution in [2.24, 2.45) is 5.14 Å². The number of nitrogens with one attached hydrogen (secondary N) is 1. The molecule has 174 valence electrons. The Kier molecular flexibility index (Phi) is 6.58. The Bertz CT molecular complexity index is 1410. The second kappa shape index (κ2) is 9.58. The summed E-state index contributed by atoms with van der Waals surface area (Å²) in [6.45, 7) is 2.31. The predicted octanol–water partition coefficient (Wildman–Crippen LogP) is 3.61. The standard InChI is InChI=1S/C25H23FN4O3S/c1-17-2-6-19(7-3-17)24-23(16-30(29-24)21-10-8-20(26)9-11-21)25(31)28-15-14-18-4-12-22(13-5-18)34(27,32)33/h2-13,16H,14-15H2,1H3,(H,28,31)(H2,27,32,33). The van der Waals surface area contributed by atoms with E-state index in [4.69, 9.17) is 5.14 Å². The summed E-state index contributed by atoms with van der Waals surface area (Å²) in [6.07, 6.45) is 2.13. The van der Waals surface area contributed by atoms with Gasteiger partial charge in [0.25, 0.3) is 5.91 Å². The van der Waals surface area contributed by atoms with E-state index in [0.717, 1.165) is 16.7 Å². The van der Waals surface area contributed by atoms with Crippen molar-refractivity contribution in [1.29, 1.82) is 0 Å². The van der Waals surface area contributed by atoms with Gasteiger partial charge < -0.3 is 5.32 Å². The number of hydrogen-bond donors (Lipinski definition) is 2. The van der Waals surface area contributed by atoms with Crippen LogP contribution in [0.25, 0.3) is 16.9 Å². The molecule has 7 nitrogen and oxygen atoms in total. The van der Waals surface area contributed by atoms with Gasteiger partial charge in [-0.1, -0.05) is 42.0 Å². The van der Waals surface area contributed by atoms with E-state index in [1.807, 2.05) is 31.2 Å². The molecule has 0 fully saturated rings. The summed E-state index contributed by atoms with van der Waals surface area (Å²) in [5, 5.41) is 12.6. The lowest BCUT2D eigenvalue weighted by molar-refractivity contribution is 0.0954. The van der Waals surface area contributed by atoms with Crippen LogP contribution in [0.2, 0.25) is 0 Å². The lowest BCUT2D eigenvalue weighted by Gasteiger charge is -2.07. The second-order valence-corrected chi connectivity index (χ2v) is 9.43. The maximum atomic E-state index is 13.3. The third-order valence-electron chi connectivity index (χ3n) is 5.33. The Morgan fingerprint density at radius 3 is 2.26 bits per heavy atom. The van der Waals surface area contributed by atoms with Crippen molar-refractivity contribution in [1.82, 2.24) is 15.1 Å². The molecular formula is C25H23FN4O3S. The van der Waals surface area contributed by atoms with E-state index in [-0.39, 0.29) is 16.6 Å². The summed E-state index contributed by atoms with van der Waals surface area (Å²) >= 11 is 0. The zero-order valence-corrected chi connectivity index (χ0v) is 19.2. The van der Waals surface area contributed by atoms with E-state index in [9.17, 15) is 17.6 Å². The molecule has 34 heavy (non-hydrogen) atoms. The third-order valence-corrected chi connectivity index (χ3v) is 6.26. The van der Waals surface area contributed by atoms with Gasteiger partial charge in [-0.3, -0.25) is 4.79 Å². The highest BCUT2D eigenvalue weighted by Gasteiger charge is 2.18. The molecule has 3 N–H and O–H groups in total. The highest BCUT2D eigenvalue weighted by molar-refractivity contribution is 7.89. The van der Waals surface area contributed by atoms with Crippen LogP contribution in [0.15, 0.2) is 83.9 Å². The highest BCUT2D eigenvalue weighted by Crippen LogP contribution is 2.24. The molecule has 0 saturated heterocycles. The molecule has 0 radical (unpaired) electrons. The zero-order chi connectivity index (χ0) is 24.3. The summed E-state index contributed by atoms with van der Waals surface area (Å²) in [5.74, 6) is -0.658. The van der Waals surface area contributed by atoms with Gasteiger partial charge >= 0.3 is 0 Å². The molecule has 1 amide bonds. The molecule has 0 bridgehead atoms. The molecule has 4 aromatic rings. The maximum Gasteiger partial charge on any atom is 0.255 e. The van der Waals surface area contributed by atoms with E-state index in [2.05, 4.69) is 10.4 Å². The molecule has 0 spiro atoms. The van der Waals surface area contributed by atoms with Crippen LogP contribution < -0.4 is 10.5 Å². The fraction of sp³-hybridized carbons (Fsp3) is 0.120. The van der Waals surface area contributed by atoms with E-state index in [0.29, 0.717) is 29.9 Å². The molecule has 0 aliphatic rings.